The zero-order chi connectivity index (χ0) is 12.6. The van der Waals surface area contributed by atoms with Gasteiger partial charge in [-0.2, -0.15) is 0 Å². The molecule has 0 saturated heterocycles. The lowest BCUT2D eigenvalue weighted by Gasteiger charge is -2.20. The van der Waals surface area contributed by atoms with Crippen molar-refractivity contribution in [1.82, 2.24) is 4.98 Å². The summed E-state index contributed by atoms with van der Waals surface area (Å²) in [7, 11) is 0. The van der Waals surface area contributed by atoms with Gasteiger partial charge in [0.1, 0.15) is 0 Å². The summed E-state index contributed by atoms with van der Waals surface area (Å²) in [6.07, 6.45) is 3.63. The van der Waals surface area contributed by atoms with Gasteiger partial charge in [-0.05, 0) is 37.2 Å². The summed E-state index contributed by atoms with van der Waals surface area (Å²) < 4.78 is 0. The second-order valence-corrected chi connectivity index (χ2v) is 4.91. The first-order valence-corrected chi connectivity index (χ1v) is 6.08. The predicted octanol–water partition coefficient (Wildman–Crippen LogP) is 1.98. The van der Waals surface area contributed by atoms with Crippen LogP contribution in [0.15, 0.2) is 4.79 Å². The van der Waals surface area contributed by atoms with E-state index >= 15 is 0 Å². The van der Waals surface area contributed by atoms with Crippen LogP contribution in [0.25, 0.3) is 0 Å². The molecule has 0 fully saturated rings. The van der Waals surface area contributed by atoms with Gasteiger partial charge in [0, 0.05) is 11.3 Å². The molecular formula is C13H18N2O2. The summed E-state index contributed by atoms with van der Waals surface area (Å²) in [6.45, 7) is 3.81. The van der Waals surface area contributed by atoms with E-state index in [1.54, 1.807) is 0 Å². The first-order chi connectivity index (χ1) is 8.02. The lowest BCUT2D eigenvalue weighted by molar-refractivity contribution is 0.438. The van der Waals surface area contributed by atoms with Gasteiger partial charge in [-0.3, -0.25) is 9.78 Å². The minimum Gasteiger partial charge on any atom is -0.494 e. The molecule has 0 unspecified atom stereocenters. The average molecular weight is 234 g/mol. The van der Waals surface area contributed by atoms with Gasteiger partial charge in [0.25, 0.3) is 5.56 Å². The van der Waals surface area contributed by atoms with Crippen LogP contribution in [-0.2, 0) is 12.8 Å². The van der Waals surface area contributed by atoms with Gasteiger partial charge in [0.2, 0.25) is 0 Å². The molecule has 0 amide bonds. The van der Waals surface area contributed by atoms with E-state index in [-0.39, 0.29) is 17.4 Å². The number of pyridine rings is 1. The first-order valence-electron chi connectivity index (χ1n) is 6.08. The van der Waals surface area contributed by atoms with Crippen LogP contribution in [0.2, 0.25) is 0 Å². The number of rotatable bonds is 2. The molecule has 2 rings (SSSR count). The number of hydrogen-bond donors (Lipinski definition) is 3. The summed E-state index contributed by atoms with van der Waals surface area (Å²) in [4.78, 5) is 14.4. The van der Waals surface area contributed by atoms with Gasteiger partial charge in [0.05, 0.1) is 5.56 Å². The second-order valence-electron chi connectivity index (χ2n) is 4.91. The van der Waals surface area contributed by atoms with Gasteiger partial charge in [-0.25, -0.2) is 0 Å². The Bertz CT molecular complexity index is 515. The monoisotopic (exact) mass is 234 g/mol. The highest BCUT2D eigenvalue weighted by molar-refractivity contribution is 6.00. The van der Waals surface area contributed by atoms with E-state index in [2.05, 4.69) is 4.98 Å². The number of nitrogens with one attached hydrogen (secondary N) is 2. The Balaban J connectivity index is 2.66. The molecule has 0 aliphatic heterocycles. The SMILES string of the molecule is CC(C)C(=N)c1c2c(c(O)[nH]c1=O)CCCC2. The highest BCUT2D eigenvalue weighted by Crippen LogP contribution is 2.28. The first kappa shape index (κ1) is 11.9. The summed E-state index contributed by atoms with van der Waals surface area (Å²) in [5.41, 5.74) is 2.23. The van der Waals surface area contributed by atoms with E-state index < -0.39 is 0 Å². The number of fused-ring (bicyclic) bond motifs is 1. The van der Waals surface area contributed by atoms with Gasteiger partial charge < -0.3 is 10.5 Å². The summed E-state index contributed by atoms with van der Waals surface area (Å²) in [5, 5.41) is 17.8. The smallest absolute Gasteiger partial charge is 0.260 e. The van der Waals surface area contributed by atoms with Gasteiger partial charge in [-0.1, -0.05) is 13.8 Å². The Morgan fingerprint density at radius 1 is 1.29 bits per heavy atom. The molecule has 0 atom stereocenters. The lowest BCUT2D eigenvalue weighted by Crippen LogP contribution is -2.26. The van der Waals surface area contributed by atoms with Crippen molar-refractivity contribution in [1.29, 1.82) is 5.41 Å². The van der Waals surface area contributed by atoms with Crippen LogP contribution in [-0.4, -0.2) is 15.8 Å². The quantitative estimate of drug-likeness (QED) is 0.684. The van der Waals surface area contributed by atoms with Gasteiger partial charge in [-0.15, -0.1) is 0 Å². The van der Waals surface area contributed by atoms with E-state index in [1.165, 1.54) is 0 Å². The molecule has 4 heteroatoms. The molecule has 0 spiro atoms. The van der Waals surface area contributed by atoms with E-state index in [1.807, 2.05) is 13.8 Å². The normalized spacial score (nSPS) is 14.8. The highest BCUT2D eigenvalue weighted by atomic mass is 16.3. The molecule has 92 valence electrons. The van der Waals surface area contributed by atoms with Crippen molar-refractivity contribution < 1.29 is 5.11 Å². The molecule has 1 aliphatic carbocycles. The van der Waals surface area contributed by atoms with Crippen molar-refractivity contribution in [3.63, 3.8) is 0 Å². The van der Waals surface area contributed by atoms with E-state index in [9.17, 15) is 9.90 Å². The Labute approximate surface area is 100 Å². The molecular weight excluding hydrogens is 216 g/mol. The Hall–Kier alpha value is -1.58. The van der Waals surface area contributed by atoms with Crippen LogP contribution in [0.4, 0.5) is 0 Å². The fraction of sp³-hybridized carbons (Fsp3) is 0.538. The number of H-pyrrole nitrogens is 1. The van der Waals surface area contributed by atoms with Crippen molar-refractivity contribution in [2.75, 3.05) is 0 Å². The third-order valence-electron chi connectivity index (χ3n) is 3.36. The van der Waals surface area contributed by atoms with E-state index in [0.29, 0.717) is 11.3 Å². The third kappa shape index (κ3) is 1.99. The molecule has 17 heavy (non-hydrogen) atoms. The maximum Gasteiger partial charge on any atom is 0.260 e. The zero-order valence-corrected chi connectivity index (χ0v) is 10.3. The standard InChI is InChI=1S/C13H18N2O2/c1-7(2)11(14)10-8-5-3-4-6-9(8)12(16)15-13(10)17/h7,14H,3-6H2,1-2H3,(H2,15,16,17). The molecule has 1 aromatic rings. The van der Waals surface area contributed by atoms with Gasteiger partial charge in [0.15, 0.2) is 5.88 Å². The molecule has 0 aromatic carbocycles. The highest BCUT2D eigenvalue weighted by Gasteiger charge is 2.23. The Morgan fingerprint density at radius 2 is 1.88 bits per heavy atom. The molecule has 1 aliphatic rings. The Morgan fingerprint density at radius 3 is 2.47 bits per heavy atom. The fourth-order valence-corrected chi connectivity index (χ4v) is 2.40. The number of aromatic nitrogens is 1. The molecule has 3 N–H and O–H groups in total. The Kier molecular flexibility index (Phi) is 3.05. The van der Waals surface area contributed by atoms with E-state index in [0.717, 1.165) is 36.8 Å². The minimum absolute atomic E-state index is 0.00925. The van der Waals surface area contributed by atoms with Crippen LogP contribution < -0.4 is 5.56 Å². The van der Waals surface area contributed by atoms with Crippen molar-refractivity contribution in [3.8, 4) is 5.88 Å². The number of aromatic amines is 1. The summed E-state index contributed by atoms with van der Waals surface area (Å²) in [5.74, 6) is 0.0108. The van der Waals surface area contributed by atoms with Crippen LogP contribution >= 0.6 is 0 Å². The van der Waals surface area contributed by atoms with E-state index in [4.69, 9.17) is 5.41 Å². The van der Waals surface area contributed by atoms with Crippen molar-refractivity contribution in [2.24, 2.45) is 5.92 Å². The third-order valence-corrected chi connectivity index (χ3v) is 3.36. The van der Waals surface area contributed by atoms with Gasteiger partial charge >= 0.3 is 0 Å². The minimum atomic E-state index is -0.332. The summed E-state index contributed by atoms with van der Waals surface area (Å²) >= 11 is 0. The molecule has 4 nitrogen and oxygen atoms in total. The van der Waals surface area contributed by atoms with Crippen LogP contribution in [0.5, 0.6) is 5.88 Å². The average Bonchev–Trinajstić information content (AvgIpc) is 2.28. The summed E-state index contributed by atoms with van der Waals surface area (Å²) in [6, 6.07) is 0. The predicted molar refractivity (Wildman–Crippen MR) is 67.0 cm³/mol. The molecule has 1 heterocycles. The molecule has 0 bridgehead atoms. The van der Waals surface area contributed by atoms with Crippen LogP contribution in [0.3, 0.4) is 0 Å². The largest absolute Gasteiger partial charge is 0.494 e. The van der Waals surface area contributed by atoms with Crippen LogP contribution in [0, 0.1) is 11.3 Å². The van der Waals surface area contributed by atoms with Crippen molar-refractivity contribution in [2.45, 2.75) is 39.5 Å². The lowest BCUT2D eigenvalue weighted by atomic mass is 9.86. The number of hydrogen-bond acceptors (Lipinski definition) is 3. The molecule has 1 aromatic heterocycles. The maximum absolute atomic E-state index is 11.9. The maximum atomic E-state index is 11.9. The fourth-order valence-electron chi connectivity index (χ4n) is 2.40. The van der Waals surface area contributed by atoms with Crippen molar-refractivity contribution >= 4 is 5.71 Å². The zero-order valence-electron chi connectivity index (χ0n) is 10.3. The van der Waals surface area contributed by atoms with Crippen molar-refractivity contribution in [3.05, 3.63) is 27.0 Å². The molecule has 0 saturated carbocycles. The second kappa shape index (κ2) is 4.35. The van der Waals surface area contributed by atoms with Crippen LogP contribution in [0.1, 0.15) is 43.4 Å². The molecule has 0 radical (unpaired) electrons. The number of aromatic hydroxyl groups is 1. The topological polar surface area (TPSA) is 76.9 Å².